The van der Waals surface area contributed by atoms with Crippen LogP contribution in [-0.4, -0.2) is 22.6 Å². The van der Waals surface area contributed by atoms with Crippen molar-refractivity contribution in [2.45, 2.75) is 46.1 Å². The number of nitrogens with zero attached hydrogens (tertiary/aromatic N) is 3. The first kappa shape index (κ1) is 13.2. The van der Waals surface area contributed by atoms with E-state index in [1.54, 1.807) is 6.20 Å². The van der Waals surface area contributed by atoms with Crippen molar-refractivity contribution in [2.24, 2.45) is 0 Å². The van der Waals surface area contributed by atoms with Gasteiger partial charge in [-0.3, -0.25) is 0 Å². The third-order valence-electron chi connectivity index (χ3n) is 2.53. The summed E-state index contributed by atoms with van der Waals surface area (Å²) in [6.45, 7) is 7.57. The maximum absolute atomic E-state index is 5.81. The molecule has 3 nitrogen and oxygen atoms in total. The van der Waals surface area contributed by atoms with E-state index in [9.17, 15) is 0 Å². The highest BCUT2D eigenvalue weighted by molar-refractivity contribution is 6.28. The molecule has 0 saturated heterocycles. The van der Waals surface area contributed by atoms with Gasteiger partial charge in [0.2, 0.25) is 5.28 Å². The number of aromatic nitrogens is 2. The Labute approximate surface area is 103 Å². The summed E-state index contributed by atoms with van der Waals surface area (Å²) in [7, 11) is 0. The molecule has 0 fully saturated rings. The van der Waals surface area contributed by atoms with Crippen molar-refractivity contribution in [1.29, 1.82) is 0 Å². The van der Waals surface area contributed by atoms with E-state index in [1.807, 2.05) is 6.07 Å². The van der Waals surface area contributed by atoms with Gasteiger partial charge in [-0.25, -0.2) is 9.97 Å². The smallest absolute Gasteiger partial charge is 0.224 e. The fraction of sp³-hybridized carbons (Fsp3) is 0.667. The Morgan fingerprint density at radius 2 is 2.12 bits per heavy atom. The molecule has 90 valence electrons. The van der Waals surface area contributed by atoms with Crippen molar-refractivity contribution in [3.8, 4) is 0 Å². The van der Waals surface area contributed by atoms with E-state index in [-0.39, 0.29) is 0 Å². The topological polar surface area (TPSA) is 29.0 Å². The van der Waals surface area contributed by atoms with E-state index >= 15 is 0 Å². The van der Waals surface area contributed by atoms with E-state index in [4.69, 9.17) is 11.6 Å². The quantitative estimate of drug-likeness (QED) is 0.564. The summed E-state index contributed by atoms with van der Waals surface area (Å²) in [4.78, 5) is 10.4. The monoisotopic (exact) mass is 241 g/mol. The van der Waals surface area contributed by atoms with Crippen LogP contribution in [-0.2, 0) is 0 Å². The second-order valence-corrected chi connectivity index (χ2v) is 4.52. The lowest BCUT2D eigenvalue weighted by Gasteiger charge is -2.27. The first-order chi connectivity index (χ1) is 7.65. The molecule has 1 aromatic heterocycles. The minimum absolute atomic E-state index is 0.318. The molecule has 0 aliphatic heterocycles. The summed E-state index contributed by atoms with van der Waals surface area (Å²) in [5.74, 6) is 0.922. The van der Waals surface area contributed by atoms with Gasteiger partial charge < -0.3 is 4.90 Å². The largest absolute Gasteiger partial charge is 0.354 e. The van der Waals surface area contributed by atoms with Gasteiger partial charge in [-0.2, -0.15) is 0 Å². The summed E-state index contributed by atoms with van der Waals surface area (Å²) >= 11 is 5.81. The highest BCUT2D eigenvalue weighted by Gasteiger charge is 2.11. The summed E-state index contributed by atoms with van der Waals surface area (Å²) in [6, 6.07) is 2.35. The normalized spacial score (nSPS) is 10.8. The first-order valence-corrected chi connectivity index (χ1v) is 6.28. The van der Waals surface area contributed by atoms with E-state index in [0.29, 0.717) is 11.3 Å². The highest BCUT2D eigenvalue weighted by atomic mass is 35.5. The van der Waals surface area contributed by atoms with Gasteiger partial charge in [0.25, 0.3) is 0 Å². The molecule has 0 spiro atoms. The van der Waals surface area contributed by atoms with E-state index in [0.717, 1.165) is 12.4 Å². The number of hydrogen-bond donors (Lipinski definition) is 0. The van der Waals surface area contributed by atoms with Crippen LogP contribution in [0.4, 0.5) is 5.82 Å². The molecule has 0 atom stereocenters. The molecule has 1 heterocycles. The maximum Gasteiger partial charge on any atom is 0.224 e. The van der Waals surface area contributed by atoms with Crippen molar-refractivity contribution < 1.29 is 0 Å². The first-order valence-electron chi connectivity index (χ1n) is 5.90. The molecule has 0 bridgehead atoms. The zero-order valence-electron chi connectivity index (χ0n) is 10.3. The molecule has 1 rings (SSSR count). The molecule has 0 aliphatic rings. The number of unbranched alkanes of at least 4 members (excludes halogenated alkanes) is 2. The van der Waals surface area contributed by atoms with E-state index in [2.05, 4.69) is 35.6 Å². The summed E-state index contributed by atoms with van der Waals surface area (Å²) in [6.07, 6.45) is 5.38. The van der Waals surface area contributed by atoms with Crippen LogP contribution in [0.15, 0.2) is 12.3 Å². The Hall–Kier alpha value is -0.830. The Bertz CT molecular complexity index is 315. The van der Waals surface area contributed by atoms with Crippen LogP contribution in [0.5, 0.6) is 0 Å². The second kappa shape index (κ2) is 6.69. The lowest BCUT2D eigenvalue weighted by Crippen LogP contribution is -2.32. The fourth-order valence-electron chi connectivity index (χ4n) is 1.66. The Morgan fingerprint density at radius 1 is 1.38 bits per heavy atom. The zero-order chi connectivity index (χ0) is 12.0. The standard InChI is InChI=1S/C12H20ClN3/c1-4-5-6-9-16(10(2)3)11-7-8-14-12(13)15-11/h7-8,10H,4-6,9H2,1-3H3. The lowest BCUT2D eigenvalue weighted by molar-refractivity contribution is 0.619. The number of hydrogen-bond acceptors (Lipinski definition) is 3. The van der Waals surface area contributed by atoms with Crippen LogP contribution < -0.4 is 4.90 Å². The summed E-state index contributed by atoms with van der Waals surface area (Å²) < 4.78 is 0. The predicted octanol–water partition coefficient (Wildman–Crippen LogP) is 3.54. The van der Waals surface area contributed by atoms with Gasteiger partial charge in [-0.15, -0.1) is 0 Å². The average molecular weight is 242 g/mol. The lowest BCUT2D eigenvalue weighted by atomic mass is 10.2. The highest BCUT2D eigenvalue weighted by Crippen LogP contribution is 2.16. The predicted molar refractivity (Wildman–Crippen MR) is 69.0 cm³/mol. The molecule has 0 N–H and O–H groups in total. The minimum Gasteiger partial charge on any atom is -0.354 e. The molecule has 1 aromatic rings. The van der Waals surface area contributed by atoms with Crippen LogP contribution in [0.1, 0.15) is 40.0 Å². The van der Waals surface area contributed by atoms with Crippen LogP contribution in [0, 0.1) is 0 Å². The van der Waals surface area contributed by atoms with Gasteiger partial charge in [-0.05, 0) is 37.9 Å². The van der Waals surface area contributed by atoms with Gasteiger partial charge >= 0.3 is 0 Å². The summed E-state index contributed by atoms with van der Waals surface area (Å²) in [5, 5.41) is 0.318. The van der Waals surface area contributed by atoms with Crippen molar-refractivity contribution >= 4 is 17.4 Å². The van der Waals surface area contributed by atoms with Crippen molar-refractivity contribution in [1.82, 2.24) is 9.97 Å². The SMILES string of the molecule is CCCCCN(c1ccnc(Cl)n1)C(C)C. The van der Waals surface area contributed by atoms with Gasteiger partial charge in [0.1, 0.15) is 5.82 Å². The number of halogens is 1. The molecular weight excluding hydrogens is 222 g/mol. The third-order valence-corrected chi connectivity index (χ3v) is 2.71. The maximum atomic E-state index is 5.81. The van der Waals surface area contributed by atoms with Crippen molar-refractivity contribution in [3.05, 3.63) is 17.5 Å². The molecular formula is C12H20ClN3. The molecule has 0 unspecified atom stereocenters. The van der Waals surface area contributed by atoms with Gasteiger partial charge in [0, 0.05) is 18.8 Å². The van der Waals surface area contributed by atoms with Crippen LogP contribution in [0.25, 0.3) is 0 Å². The zero-order valence-corrected chi connectivity index (χ0v) is 11.0. The number of anilines is 1. The van der Waals surface area contributed by atoms with Gasteiger partial charge in [0.15, 0.2) is 0 Å². The van der Waals surface area contributed by atoms with E-state index < -0.39 is 0 Å². The molecule has 16 heavy (non-hydrogen) atoms. The molecule has 4 heteroatoms. The minimum atomic E-state index is 0.318. The summed E-state index contributed by atoms with van der Waals surface area (Å²) in [5.41, 5.74) is 0. The molecule has 0 radical (unpaired) electrons. The molecule has 0 aliphatic carbocycles. The second-order valence-electron chi connectivity index (χ2n) is 4.18. The van der Waals surface area contributed by atoms with Gasteiger partial charge in [0.05, 0.1) is 0 Å². The van der Waals surface area contributed by atoms with Gasteiger partial charge in [-0.1, -0.05) is 19.8 Å². The van der Waals surface area contributed by atoms with Crippen LogP contribution >= 0.6 is 11.6 Å². The van der Waals surface area contributed by atoms with E-state index in [1.165, 1.54) is 19.3 Å². The fourth-order valence-corrected chi connectivity index (χ4v) is 1.80. The molecule has 0 saturated carbocycles. The molecule has 0 aromatic carbocycles. The van der Waals surface area contributed by atoms with Crippen LogP contribution in [0.2, 0.25) is 5.28 Å². The Morgan fingerprint density at radius 3 is 2.69 bits per heavy atom. The Balaban J connectivity index is 2.69. The molecule has 0 amide bonds. The average Bonchev–Trinajstić information content (AvgIpc) is 2.24. The third kappa shape index (κ3) is 3.97. The van der Waals surface area contributed by atoms with Crippen molar-refractivity contribution in [2.75, 3.05) is 11.4 Å². The van der Waals surface area contributed by atoms with Crippen molar-refractivity contribution in [3.63, 3.8) is 0 Å². The number of rotatable bonds is 6. The van der Waals surface area contributed by atoms with Crippen LogP contribution in [0.3, 0.4) is 0 Å². The Kier molecular flexibility index (Phi) is 5.53.